The predicted molar refractivity (Wildman–Crippen MR) is 68.6 cm³/mol. The molecule has 84 valence electrons. The molecule has 0 aromatic heterocycles. The minimum Gasteiger partial charge on any atom is -0.396 e. The van der Waals surface area contributed by atoms with Crippen molar-refractivity contribution in [1.29, 1.82) is 0 Å². The summed E-state index contributed by atoms with van der Waals surface area (Å²) in [4.78, 5) is 0. The van der Waals surface area contributed by atoms with Gasteiger partial charge in [-0.15, -0.1) is 0 Å². The highest BCUT2D eigenvalue weighted by molar-refractivity contribution is 7.97. The van der Waals surface area contributed by atoms with Gasteiger partial charge in [0.05, 0.1) is 0 Å². The molecular formula is C12H19NOS. The molecule has 0 aliphatic carbocycles. The Morgan fingerprint density at radius 3 is 2.80 bits per heavy atom. The van der Waals surface area contributed by atoms with Gasteiger partial charge in [-0.2, -0.15) is 11.8 Å². The van der Waals surface area contributed by atoms with Gasteiger partial charge < -0.3 is 10.4 Å². The summed E-state index contributed by atoms with van der Waals surface area (Å²) in [7, 11) is 1.95. The number of hydrogen-bond acceptors (Lipinski definition) is 3. The first-order valence-electron chi connectivity index (χ1n) is 5.21. The van der Waals surface area contributed by atoms with Crippen molar-refractivity contribution in [2.75, 3.05) is 25.2 Å². The first-order valence-corrected chi connectivity index (χ1v) is 6.60. The SMILES string of the molecule is CNc1cc(CSC)ccc1CCCO. The second-order valence-corrected chi connectivity index (χ2v) is 4.37. The normalized spacial score (nSPS) is 10.3. The lowest BCUT2D eigenvalue weighted by Crippen LogP contribution is -1.98. The Hall–Kier alpha value is -0.670. The van der Waals surface area contributed by atoms with Gasteiger partial charge in [0.15, 0.2) is 0 Å². The van der Waals surface area contributed by atoms with Crippen LogP contribution in [0.2, 0.25) is 0 Å². The van der Waals surface area contributed by atoms with Gasteiger partial charge in [-0.3, -0.25) is 0 Å². The Bertz CT molecular complexity index is 302. The summed E-state index contributed by atoms with van der Waals surface area (Å²) in [5, 5.41) is 12.0. The van der Waals surface area contributed by atoms with Crippen molar-refractivity contribution >= 4 is 17.4 Å². The van der Waals surface area contributed by atoms with Gasteiger partial charge in [-0.25, -0.2) is 0 Å². The van der Waals surface area contributed by atoms with E-state index in [9.17, 15) is 0 Å². The largest absolute Gasteiger partial charge is 0.396 e. The molecule has 0 unspecified atom stereocenters. The van der Waals surface area contributed by atoms with E-state index in [1.807, 2.05) is 18.8 Å². The molecule has 0 fully saturated rings. The van der Waals surface area contributed by atoms with Crippen LogP contribution in [0.3, 0.4) is 0 Å². The van der Waals surface area contributed by atoms with Crippen LogP contribution < -0.4 is 5.32 Å². The molecule has 1 aromatic carbocycles. The monoisotopic (exact) mass is 225 g/mol. The zero-order valence-corrected chi connectivity index (χ0v) is 10.2. The molecule has 0 bridgehead atoms. The summed E-state index contributed by atoms with van der Waals surface area (Å²) < 4.78 is 0. The number of aliphatic hydroxyl groups excluding tert-OH is 1. The smallest absolute Gasteiger partial charge is 0.0434 e. The van der Waals surface area contributed by atoms with Gasteiger partial charge in [0, 0.05) is 25.1 Å². The highest BCUT2D eigenvalue weighted by Crippen LogP contribution is 2.21. The molecule has 0 amide bonds. The summed E-state index contributed by atoms with van der Waals surface area (Å²) in [6, 6.07) is 6.53. The van der Waals surface area contributed by atoms with Crippen LogP contribution in [0.5, 0.6) is 0 Å². The first kappa shape index (κ1) is 12.4. The summed E-state index contributed by atoms with van der Waals surface area (Å²) in [6.07, 6.45) is 3.88. The molecule has 2 N–H and O–H groups in total. The highest BCUT2D eigenvalue weighted by Gasteiger charge is 2.02. The van der Waals surface area contributed by atoms with Crippen LogP contribution in [-0.4, -0.2) is 25.0 Å². The average molecular weight is 225 g/mol. The molecule has 0 spiro atoms. The molecule has 0 heterocycles. The van der Waals surface area contributed by atoms with Crippen molar-refractivity contribution in [3.8, 4) is 0 Å². The quantitative estimate of drug-likeness (QED) is 0.780. The fraction of sp³-hybridized carbons (Fsp3) is 0.500. The lowest BCUT2D eigenvalue weighted by atomic mass is 10.1. The van der Waals surface area contributed by atoms with Gasteiger partial charge in [0.25, 0.3) is 0 Å². The number of anilines is 1. The maximum atomic E-state index is 8.81. The third-order valence-electron chi connectivity index (χ3n) is 2.36. The Morgan fingerprint density at radius 2 is 2.20 bits per heavy atom. The van der Waals surface area contributed by atoms with Crippen LogP contribution in [0.25, 0.3) is 0 Å². The number of thioether (sulfide) groups is 1. The van der Waals surface area contributed by atoms with E-state index < -0.39 is 0 Å². The van der Waals surface area contributed by atoms with Crippen molar-refractivity contribution in [2.24, 2.45) is 0 Å². The molecule has 1 aromatic rings. The lowest BCUT2D eigenvalue weighted by molar-refractivity contribution is 0.288. The number of nitrogens with one attached hydrogen (secondary N) is 1. The second kappa shape index (κ2) is 6.75. The molecule has 0 atom stereocenters. The van der Waals surface area contributed by atoms with E-state index in [0.717, 1.165) is 18.6 Å². The molecule has 0 aliphatic heterocycles. The first-order chi connectivity index (χ1) is 7.31. The van der Waals surface area contributed by atoms with E-state index in [0.29, 0.717) is 0 Å². The van der Waals surface area contributed by atoms with Crippen molar-refractivity contribution in [2.45, 2.75) is 18.6 Å². The molecule has 15 heavy (non-hydrogen) atoms. The number of aryl methyl sites for hydroxylation is 1. The highest BCUT2D eigenvalue weighted by atomic mass is 32.2. The second-order valence-electron chi connectivity index (χ2n) is 3.50. The minimum absolute atomic E-state index is 0.260. The van der Waals surface area contributed by atoms with Crippen LogP contribution in [-0.2, 0) is 12.2 Å². The van der Waals surface area contributed by atoms with Crippen LogP contribution >= 0.6 is 11.8 Å². The summed E-state index contributed by atoms with van der Waals surface area (Å²) >= 11 is 1.83. The Kier molecular flexibility index (Phi) is 5.58. The van der Waals surface area contributed by atoms with Crippen LogP contribution in [0.1, 0.15) is 17.5 Å². The molecule has 1 rings (SSSR count). The number of rotatable bonds is 6. The van der Waals surface area contributed by atoms with Crippen molar-refractivity contribution in [3.63, 3.8) is 0 Å². The van der Waals surface area contributed by atoms with Crippen LogP contribution in [0, 0.1) is 0 Å². The fourth-order valence-electron chi connectivity index (χ4n) is 1.60. The van der Waals surface area contributed by atoms with E-state index in [4.69, 9.17) is 5.11 Å². The summed E-state index contributed by atoms with van der Waals surface area (Å²) in [5.74, 6) is 1.05. The zero-order valence-electron chi connectivity index (χ0n) is 9.42. The standard InChI is InChI=1S/C12H19NOS/c1-13-12-8-10(9-15-2)5-6-11(12)4-3-7-14/h5-6,8,13-14H,3-4,7,9H2,1-2H3. The molecule has 2 nitrogen and oxygen atoms in total. The van der Waals surface area contributed by atoms with E-state index >= 15 is 0 Å². The van der Waals surface area contributed by atoms with E-state index in [1.165, 1.54) is 16.8 Å². The third kappa shape index (κ3) is 3.76. The van der Waals surface area contributed by atoms with Crippen molar-refractivity contribution in [3.05, 3.63) is 29.3 Å². The zero-order chi connectivity index (χ0) is 11.1. The number of aliphatic hydroxyl groups is 1. The molecule has 0 saturated carbocycles. The molecule has 0 radical (unpaired) electrons. The van der Waals surface area contributed by atoms with E-state index in [1.54, 1.807) is 0 Å². The fourth-order valence-corrected chi connectivity index (χ4v) is 2.11. The van der Waals surface area contributed by atoms with Crippen molar-refractivity contribution in [1.82, 2.24) is 0 Å². The van der Waals surface area contributed by atoms with Gasteiger partial charge in [0.2, 0.25) is 0 Å². The van der Waals surface area contributed by atoms with Crippen LogP contribution in [0.15, 0.2) is 18.2 Å². The van der Waals surface area contributed by atoms with Gasteiger partial charge in [-0.05, 0) is 36.3 Å². The van der Waals surface area contributed by atoms with E-state index in [-0.39, 0.29) is 6.61 Å². The van der Waals surface area contributed by atoms with Gasteiger partial charge in [0.1, 0.15) is 0 Å². The summed E-state index contributed by atoms with van der Waals surface area (Å²) in [5.41, 5.74) is 3.83. The Balaban J connectivity index is 2.78. The van der Waals surface area contributed by atoms with E-state index in [2.05, 4.69) is 29.8 Å². The minimum atomic E-state index is 0.260. The maximum absolute atomic E-state index is 8.81. The maximum Gasteiger partial charge on any atom is 0.0434 e. The molecule has 0 aliphatic rings. The van der Waals surface area contributed by atoms with Crippen LogP contribution in [0.4, 0.5) is 5.69 Å². The van der Waals surface area contributed by atoms with Gasteiger partial charge in [-0.1, -0.05) is 12.1 Å². The Labute approximate surface area is 96.1 Å². The van der Waals surface area contributed by atoms with Crippen molar-refractivity contribution < 1.29 is 5.11 Å². The predicted octanol–water partition coefficient (Wildman–Crippen LogP) is 2.52. The topological polar surface area (TPSA) is 32.3 Å². The lowest BCUT2D eigenvalue weighted by Gasteiger charge is -2.10. The summed E-state index contributed by atoms with van der Waals surface area (Å²) in [6.45, 7) is 0.260. The molecule has 0 saturated heterocycles. The number of benzene rings is 1. The average Bonchev–Trinajstić information content (AvgIpc) is 2.27. The Morgan fingerprint density at radius 1 is 1.40 bits per heavy atom. The van der Waals surface area contributed by atoms with Gasteiger partial charge >= 0.3 is 0 Å². The number of hydrogen-bond donors (Lipinski definition) is 2. The molecular weight excluding hydrogens is 206 g/mol. The molecule has 3 heteroatoms. The third-order valence-corrected chi connectivity index (χ3v) is 2.98.